The second-order valence-electron chi connectivity index (χ2n) is 6.95. The first-order valence-electron chi connectivity index (χ1n) is 9.46. The lowest BCUT2D eigenvalue weighted by Gasteiger charge is -2.10. The summed E-state index contributed by atoms with van der Waals surface area (Å²) in [4.78, 5) is 20.3. The van der Waals surface area contributed by atoms with Gasteiger partial charge in [-0.15, -0.1) is 0 Å². The van der Waals surface area contributed by atoms with Crippen LogP contribution in [0.1, 0.15) is 24.2 Å². The fourth-order valence-electron chi connectivity index (χ4n) is 3.35. The summed E-state index contributed by atoms with van der Waals surface area (Å²) >= 11 is 0. The van der Waals surface area contributed by atoms with Gasteiger partial charge in [-0.25, -0.2) is 19.8 Å². The number of nitrogens with zero attached hydrogens (tertiary/aromatic N) is 5. The monoisotopic (exact) mass is 420 g/mol. The average molecular weight is 420 g/mol. The topological polar surface area (TPSA) is 123 Å². The first-order chi connectivity index (χ1) is 15.1. The number of benzene rings is 1. The molecule has 0 aliphatic carbocycles. The molecule has 10 nitrogen and oxygen atoms in total. The van der Waals surface area contributed by atoms with Crippen LogP contribution < -0.4 is 16.2 Å². The van der Waals surface area contributed by atoms with Gasteiger partial charge in [0.1, 0.15) is 29.6 Å². The van der Waals surface area contributed by atoms with E-state index in [9.17, 15) is 9.18 Å². The fourth-order valence-corrected chi connectivity index (χ4v) is 3.35. The van der Waals surface area contributed by atoms with Gasteiger partial charge in [0.2, 0.25) is 5.91 Å². The van der Waals surface area contributed by atoms with Crippen molar-refractivity contribution in [3.05, 3.63) is 65.8 Å². The Labute approximate surface area is 175 Å². The van der Waals surface area contributed by atoms with Gasteiger partial charge in [-0.3, -0.25) is 9.48 Å². The predicted molar refractivity (Wildman–Crippen MR) is 108 cm³/mol. The highest BCUT2D eigenvalue weighted by Crippen LogP contribution is 2.29. The summed E-state index contributed by atoms with van der Waals surface area (Å²) in [6.07, 6.45) is 2.65. The van der Waals surface area contributed by atoms with Gasteiger partial charge >= 0.3 is 0 Å². The largest absolute Gasteiger partial charge is 0.364 e. The van der Waals surface area contributed by atoms with Crippen LogP contribution in [0.4, 0.5) is 10.2 Å². The number of rotatable bonds is 5. The molecule has 156 valence electrons. The van der Waals surface area contributed by atoms with Crippen molar-refractivity contribution in [1.29, 1.82) is 0 Å². The number of anilines is 1. The molecule has 1 amide bonds. The molecular weight excluding hydrogens is 403 g/mol. The lowest BCUT2D eigenvalue weighted by molar-refractivity contribution is -0.119. The summed E-state index contributed by atoms with van der Waals surface area (Å²) in [5.41, 5.74) is 8.75. The van der Waals surface area contributed by atoms with Gasteiger partial charge < -0.3 is 15.3 Å². The van der Waals surface area contributed by atoms with Crippen LogP contribution in [0.2, 0.25) is 0 Å². The maximum Gasteiger partial charge on any atom is 0.218 e. The van der Waals surface area contributed by atoms with E-state index in [1.54, 1.807) is 41.2 Å². The van der Waals surface area contributed by atoms with Crippen molar-refractivity contribution in [3.63, 3.8) is 0 Å². The summed E-state index contributed by atoms with van der Waals surface area (Å²) < 4.78 is 20.8. The smallest absolute Gasteiger partial charge is 0.218 e. The molecule has 1 unspecified atom stereocenters. The van der Waals surface area contributed by atoms with Gasteiger partial charge in [0.25, 0.3) is 0 Å². The van der Waals surface area contributed by atoms with Crippen molar-refractivity contribution in [2.75, 3.05) is 5.43 Å². The molecule has 1 aliphatic heterocycles. The van der Waals surface area contributed by atoms with Crippen molar-refractivity contribution in [3.8, 4) is 22.9 Å². The minimum absolute atomic E-state index is 0.180. The Morgan fingerprint density at radius 3 is 2.94 bits per heavy atom. The molecule has 1 aromatic carbocycles. The van der Waals surface area contributed by atoms with Crippen LogP contribution in [-0.2, 0) is 11.3 Å². The third-order valence-corrected chi connectivity index (χ3v) is 4.80. The molecule has 4 aromatic rings. The number of halogens is 1. The number of hydrogen-bond donors (Lipinski definition) is 3. The molecule has 4 heterocycles. The summed E-state index contributed by atoms with van der Waals surface area (Å²) in [5.74, 6) is 0.406. The highest BCUT2D eigenvalue weighted by molar-refractivity contribution is 5.74. The molecule has 0 bridgehead atoms. The van der Waals surface area contributed by atoms with Gasteiger partial charge in [0, 0.05) is 24.8 Å². The Kier molecular flexibility index (Phi) is 4.64. The van der Waals surface area contributed by atoms with Gasteiger partial charge in [-0.05, 0) is 12.1 Å². The molecule has 11 heteroatoms. The van der Waals surface area contributed by atoms with E-state index in [1.807, 2.05) is 0 Å². The number of hydrogen-bond acceptors (Lipinski definition) is 8. The zero-order valence-electron chi connectivity index (χ0n) is 16.3. The number of carbonyl (C=O) groups is 1. The Hall–Kier alpha value is -4.12. The Morgan fingerprint density at radius 1 is 1.29 bits per heavy atom. The molecule has 0 fully saturated rings. The lowest BCUT2D eigenvalue weighted by atomic mass is 10.2. The molecule has 1 atom stereocenters. The minimum atomic E-state index is -0.425. The van der Waals surface area contributed by atoms with Crippen LogP contribution in [0.5, 0.6) is 0 Å². The molecule has 1 aliphatic rings. The number of aromatic nitrogens is 5. The van der Waals surface area contributed by atoms with E-state index < -0.39 is 6.17 Å². The highest BCUT2D eigenvalue weighted by atomic mass is 19.1. The average Bonchev–Trinajstić information content (AvgIpc) is 3.49. The first-order valence-corrected chi connectivity index (χ1v) is 9.46. The quantitative estimate of drug-likeness (QED) is 0.449. The van der Waals surface area contributed by atoms with Crippen LogP contribution in [0.3, 0.4) is 0 Å². The summed E-state index contributed by atoms with van der Waals surface area (Å²) in [5, 5.41) is 11.3. The summed E-state index contributed by atoms with van der Waals surface area (Å²) in [7, 11) is 0. The molecule has 3 aromatic heterocycles. The second-order valence-corrected chi connectivity index (χ2v) is 6.95. The van der Waals surface area contributed by atoms with Gasteiger partial charge in [0.15, 0.2) is 11.6 Å². The Morgan fingerprint density at radius 2 is 2.16 bits per heavy atom. The van der Waals surface area contributed by atoms with Crippen LogP contribution in [0, 0.1) is 5.82 Å². The van der Waals surface area contributed by atoms with E-state index in [2.05, 4.69) is 36.4 Å². The Balaban J connectivity index is 1.52. The highest BCUT2D eigenvalue weighted by Gasteiger charge is 2.26. The molecular formula is C20H17FN8O2. The second kappa shape index (κ2) is 7.61. The molecule has 31 heavy (non-hydrogen) atoms. The van der Waals surface area contributed by atoms with Crippen molar-refractivity contribution in [2.45, 2.75) is 19.6 Å². The standard InChI is InChI=1S/C20H17FN8O2/c1-11(30)23-18-13-9-22-20(24-19(13)26-25-18)16-8-17(15-6-7-31-28-15)29(27-16)10-12-4-2-3-5-14(12)21/h2-9,18,25H,10H2,1H3,(H,23,30)(H,22,24,26). The van der Waals surface area contributed by atoms with Crippen molar-refractivity contribution in [1.82, 2.24) is 35.6 Å². The van der Waals surface area contributed by atoms with Gasteiger partial charge in [-0.2, -0.15) is 5.10 Å². The maximum absolute atomic E-state index is 14.2. The van der Waals surface area contributed by atoms with Gasteiger partial charge in [0.05, 0.1) is 17.8 Å². The molecule has 5 rings (SSSR count). The molecule has 0 saturated heterocycles. The van der Waals surface area contributed by atoms with Crippen molar-refractivity contribution < 1.29 is 13.7 Å². The van der Waals surface area contributed by atoms with Crippen LogP contribution >= 0.6 is 0 Å². The Bertz CT molecular complexity index is 1250. The van der Waals surface area contributed by atoms with Crippen molar-refractivity contribution >= 4 is 11.7 Å². The van der Waals surface area contributed by atoms with Crippen molar-refractivity contribution in [2.24, 2.45) is 0 Å². The number of fused-ring (bicyclic) bond motifs is 1. The molecule has 0 saturated carbocycles. The van der Waals surface area contributed by atoms with Crippen LogP contribution in [0.15, 0.2) is 53.4 Å². The number of hydrazine groups is 1. The maximum atomic E-state index is 14.2. The van der Waals surface area contributed by atoms with Gasteiger partial charge in [-0.1, -0.05) is 23.4 Å². The third kappa shape index (κ3) is 3.62. The normalized spacial score (nSPS) is 14.8. The lowest BCUT2D eigenvalue weighted by Crippen LogP contribution is -2.34. The summed E-state index contributed by atoms with van der Waals surface area (Å²) in [6, 6.07) is 9.99. The van der Waals surface area contributed by atoms with Crippen LogP contribution in [-0.4, -0.2) is 30.8 Å². The SMILES string of the molecule is CC(=O)NC1NNc2nc(-c3cc(-c4ccon4)n(Cc4ccccc4F)n3)ncc21. The molecule has 0 spiro atoms. The summed E-state index contributed by atoms with van der Waals surface area (Å²) in [6.45, 7) is 1.63. The minimum Gasteiger partial charge on any atom is -0.364 e. The number of amides is 1. The zero-order valence-corrected chi connectivity index (χ0v) is 16.3. The van der Waals surface area contributed by atoms with E-state index in [4.69, 9.17) is 4.52 Å². The number of carbonyl (C=O) groups excluding carboxylic acids is 1. The zero-order chi connectivity index (χ0) is 21.4. The van der Waals surface area contributed by atoms with E-state index in [1.165, 1.54) is 19.3 Å². The van der Waals surface area contributed by atoms with E-state index in [0.29, 0.717) is 39.9 Å². The molecule has 0 radical (unpaired) electrons. The predicted octanol–water partition coefficient (Wildman–Crippen LogP) is 2.25. The number of nitrogens with one attached hydrogen (secondary N) is 3. The van der Waals surface area contributed by atoms with E-state index in [-0.39, 0.29) is 18.3 Å². The fraction of sp³-hybridized carbons (Fsp3) is 0.150. The van der Waals surface area contributed by atoms with E-state index in [0.717, 1.165) is 0 Å². The van der Waals surface area contributed by atoms with Crippen LogP contribution in [0.25, 0.3) is 22.9 Å². The first kappa shape index (κ1) is 18.9. The van der Waals surface area contributed by atoms with E-state index >= 15 is 0 Å². The molecule has 3 N–H and O–H groups in total. The third-order valence-electron chi connectivity index (χ3n) is 4.80.